The Morgan fingerprint density at radius 3 is 2.00 bits per heavy atom. The zero-order valence-corrected chi connectivity index (χ0v) is 8.15. The minimum absolute atomic E-state index is 0.579. The molecule has 2 aliphatic rings. The van der Waals surface area contributed by atoms with Crippen molar-refractivity contribution in [2.45, 2.75) is 52.1 Å². The molecule has 0 aliphatic carbocycles. The lowest BCUT2D eigenvalue weighted by atomic mass is 9.70. The van der Waals surface area contributed by atoms with Gasteiger partial charge in [-0.25, -0.2) is 0 Å². The molecule has 0 aromatic carbocycles. The Morgan fingerprint density at radius 1 is 1.45 bits per heavy atom. The van der Waals surface area contributed by atoms with Crippen molar-refractivity contribution in [3.8, 4) is 0 Å². The first-order chi connectivity index (χ1) is 5.10. The molecule has 2 aliphatic heterocycles. The number of hydrogen-bond donors (Lipinski definition) is 0. The van der Waals surface area contributed by atoms with Crippen LogP contribution in [0.3, 0.4) is 0 Å². The van der Waals surface area contributed by atoms with Crippen molar-refractivity contribution in [1.82, 2.24) is 4.90 Å². The Labute approximate surface area is 69.8 Å². The molecule has 0 amide bonds. The zero-order chi connectivity index (χ0) is 8.28. The second kappa shape index (κ2) is 1.82. The van der Waals surface area contributed by atoms with E-state index in [-0.39, 0.29) is 0 Å². The van der Waals surface area contributed by atoms with Crippen LogP contribution in [0.4, 0.5) is 0 Å². The minimum atomic E-state index is 0.579. The first kappa shape index (κ1) is 7.60. The molecule has 0 N–H and O–H groups in total. The third-order valence-corrected chi connectivity index (χ3v) is 4.57. The average molecular weight is 153 g/mol. The van der Waals surface area contributed by atoms with Crippen molar-refractivity contribution < 1.29 is 0 Å². The second-order valence-electron chi connectivity index (χ2n) is 4.58. The summed E-state index contributed by atoms with van der Waals surface area (Å²) in [4.78, 5) is 2.62. The lowest BCUT2D eigenvalue weighted by Crippen LogP contribution is -2.41. The maximum atomic E-state index is 2.62. The van der Waals surface area contributed by atoms with Crippen LogP contribution in [0.15, 0.2) is 0 Å². The summed E-state index contributed by atoms with van der Waals surface area (Å²) < 4.78 is 0. The van der Waals surface area contributed by atoms with Gasteiger partial charge in [0.15, 0.2) is 0 Å². The first-order valence-electron chi connectivity index (χ1n) is 4.87. The van der Waals surface area contributed by atoms with Gasteiger partial charge in [0, 0.05) is 18.1 Å². The SMILES string of the molecule is CCC(C)(CC)C1(C)C2CN21. The predicted molar refractivity (Wildman–Crippen MR) is 47.6 cm³/mol. The monoisotopic (exact) mass is 153 g/mol. The van der Waals surface area contributed by atoms with Gasteiger partial charge in [-0.2, -0.15) is 0 Å². The van der Waals surface area contributed by atoms with Crippen LogP contribution in [-0.2, 0) is 0 Å². The Bertz CT molecular complexity index is 173. The Kier molecular flexibility index (Phi) is 1.26. The highest BCUT2D eigenvalue weighted by atomic mass is 15.6. The molecule has 3 unspecified atom stereocenters. The topological polar surface area (TPSA) is 3.01 Å². The fraction of sp³-hybridized carbons (Fsp3) is 1.00. The molecular formula is C10H19N. The van der Waals surface area contributed by atoms with Crippen molar-refractivity contribution in [2.24, 2.45) is 5.41 Å². The van der Waals surface area contributed by atoms with Crippen molar-refractivity contribution in [2.75, 3.05) is 6.54 Å². The van der Waals surface area contributed by atoms with Gasteiger partial charge in [0.25, 0.3) is 0 Å². The number of fused-ring (bicyclic) bond motifs is 1. The number of rotatable bonds is 3. The number of hydrogen-bond acceptors (Lipinski definition) is 1. The van der Waals surface area contributed by atoms with Crippen molar-refractivity contribution in [3.05, 3.63) is 0 Å². The van der Waals surface area contributed by atoms with E-state index >= 15 is 0 Å². The Balaban J connectivity index is 2.12. The van der Waals surface area contributed by atoms with Gasteiger partial charge >= 0.3 is 0 Å². The van der Waals surface area contributed by atoms with Gasteiger partial charge < -0.3 is 0 Å². The van der Waals surface area contributed by atoms with Gasteiger partial charge in [-0.15, -0.1) is 0 Å². The average Bonchev–Trinajstić information content (AvgIpc) is 2.89. The molecule has 2 rings (SSSR count). The zero-order valence-electron chi connectivity index (χ0n) is 8.15. The first-order valence-corrected chi connectivity index (χ1v) is 4.87. The van der Waals surface area contributed by atoms with Gasteiger partial charge in [-0.3, -0.25) is 4.90 Å². The Hall–Kier alpha value is -0.0400. The molecule has 0 saturated carbocycles. The second-order valence-corrected chi connectivity index (χ2v) is 4.58. The van der Waals surface area contributed by atoms with Crippen LogP contribution in [0.25, 0.3) is 0 Å². The highest BCUT2D eigenvalue weighted by molar-refractivity contribution is 5.33. The van der Waals surface area contributed by atoms with Crippen molar-refractivity contribution in [1.29, 1.82) is 0 Å². The maximum Gasteiger partial charge on any atom is 0.0417 e. The molecule has 3 atom stereocenters. The minimum Gasteiger partial charge on any atom is -0.288 e. The summed E-state index contributed by atoms with van der Waals surface area (Å²) >= 11 is 0. The lowest BCUT2D eigenvalue weighted by Gasteiger charge is -2.37. The molecule has 1 nitrogen and oxygen atoms in total. The summed E-state index contributed by atoms with van der Waals surface area (Å²) in [7, 11) is 0. The largest absolute Gasteiger partial charge is 0.288 e. The van der Waals surface area contributed by atoms with Crippen LogP contribution >= 0.6 is 0 Å². The standard InChI is InChI=1S/C10H19N/c1-5-9(3,6-2)10(4)8-7-11(8)10/h8H,5-7H2,1-4H3. The van der Waals surface area contributed by atoms with Crippen LogP contribution in [0.1, 0.15) is 40.5 Å². The van der Waals surface area contributed by atoms with E-state index in [1.165, 1.54) is 19.4 Å². The van der Waals surface area contributed by atoms with E-state index < -0.39 is 0 Å². The lowest BCUT2D eigenvalue weighted by molar-refractivity contribution is 0.157. The summed E-state index contributed by atoms with van der Waals surface area (Å²) in [6, 6.07) is 0.965. The van der Waals surface area contributed by atoms with E-state index in [4.69, 9.17) is 0 Å². The molecule has 11 heavy (non-hydrogen) atoms. The molecule has 0 spiro atoms. The van der Waals surface area contributed by atoms with Crippen LogP contribution < -0.4 is 0 Å². The van der Waals surface area contributed by atoms with E-state index in [0.29, 0.717) is 11.0 Å². The summed E-state index contributed by atoms with van der Waals surface area (Å²) in [5.41, 5.74) is 1.17. The normalized spacial score (nSPS) is 46.9. The highest BCUT2D eigenvalue weighted by Gasteiger charge is 2.77. The summed E-state index contributed by atoms with van der Waals surface area (Å²) in [5.74, 6) is 0. The molecule has 0 bridgehead atoms. The van der Waals surface area contributed by atoms with E-state index in [9.17, 15) is 0 Å². The number of nitrogens with zero attached hydrogens (tertiary/aromatic N) is 1. The van der Waals surface area contributed by atoms with E-state index in [1.807, 2.05) is 0 Å². The highest BCUT2D eigenvalue weighted by Crippen LogP contribution is 2.65. The van der Waals surface area contributed by atoms with Crippen LogP contribution in [0.2, 0.25) is 0 Å². The van der Waals surface area contributed by atoms with Crippen molar-refractivity contribution in [3.63, 3.8) is 0 Å². The third kappa shape index (κ3) is 0.658. The molecule has 1 heteroatoms. The fourth-order valence-corrected chi connectivity index (χ4v) is 2.64. The molecule has 0 radical (unpaired) electrons. The predicted octanol–water partition coefficient (Wildman–Crippen LogP) is 2.27. The molecule has 2 saturated heterocycles. The maximum absolute atomic E-state index is 2.62. The molecule has 2 fully saturated rings. The van der Waals surface area contributed by atoms with Gasteiger partial charge in [0.05, 0.1) is 0 Å². The molecule has 64 valence electrons. The van der Waals surface area contributed by atoms with E-state index in [1.54, 1.807) is 0 Å². The van der Waals surface area contributed by atoms with Gasteiger partial charge in [0.2, 0.25) is 0 Å². The van der Waals surface area contributed by atoms with Gasteiger partial charge in [-0.05, 0) is 25.2 Å². The van der Waals surface area contributed by atoms with Crippen molar-refractivity contribution >= 4 is 0 Å². The van der Waals surface area contributed by atoms with Gasteiger partial charge in [-0.1, -0.05) is 20.8 Å². The smallest absolute Gasteiger partial charge is 0.0417 e. The van der Waals surface area contributed by atoms with Crippen LogP contribution in [-0.4, -0.2) is 23.0 Å². The van der Waals surface area contributed by atoms with E-state index in [2.05, 4.69) is 32.6 Å². The molecular weight excluding hydrogens is 134 g/mol. The third-order valence-electron chi connectivity index (χ3n) is 4.57. The van der Waals surface area contributed by atoms with Gasteiger partial charge in [0.1, 0.15) is 0 Å². The van der Waals surface area contributed by atoms with Crippen LogP contribution in [0, 0.1) is 5.41 Å². The molecule has 0 aromatic heterocycles. The quantitative estimate of drug-likeness (QED) is 0.562. The summed E-state index contributed by atoms with van der Waals surface area (Å²) in [6.45, 7) is 10.9. The fourth-order valence-electron chi connectivity index (χ4n) is 2.64. The Morgan fingerprint density at radius 2 is 1.91 bits per heavy atom. The molecule has 2 heterocycles. The van der Waals surface area contributed by atoms with Crippen LogP contribution in [0.5, 0.6) is 0 Å². The summed E-state index contributed by atoms with van der Waals surface area (Å²) in [6.07, 6.45) is 2.65. The molecule has 0 aromatic rings. The summed E-state index contributed by atoms with van der Waals surface area (Å²) in [5, 5.41) is 0. The van der Waals surface area contributed by atoms with E-state index in [0.717, 1.165) is 6.04 Å².